The van der Waals surface area contributed by atoms with Crippen molar-refractivity contribution in [3.63, 3.8) is 0 Å². The second-order valence-electron chi connectivity index (χ2n) is 10.4. The Morgan fingerprint density at radius 1 is 0.882 bits per heavy atom. The maximum Gasteiger partial charge on any atom is 0.153 e. The Bertz CT molecular complexity index is 956. The van der Waals surface area contributed by atoms with Crippen LogP contribution in [0.1, 0.15) is 90.0 Å². The summed E-state index contributed by atoms with van der Waals surface area (Å²) >= 11 is 6.27. The zero-order valence-electron chi connectivity index (χ0n) is 20.9. The van der Waals surface area contributed by atoms with Crippen LogP contribution in [0.4, 0.5) is 4.39 Å². The van der Waals surface area contributed by atoms with E-state index in [1.165, 1.54) is 62.5 Å². The first kappa shape index (κ1) is 25.3. The van der Waals surface area contributed by atoms with E-state index in [1.54, 1.807) is 12.1 Å². The highest BCUT2D eigenvalue weighted by molar-refractivity contribution is 6.32. The lowest BCUT2D eigenvalue weighted by atomic mass is 9.70. The van der Waals surface area contributed by atoms with Gasteiger partial charge in [0.15, 0.2) is 5.82 Å². The molecule has 184 valence electrons. The maximum atomic E-state index is 15.0. The van der Waals surface area contributed by atoms with Gasteiger partial charge in [0, 0.05) is 5.56 Å². The Morgan fingerprint density at radius 3 is 2.26 bits per heavy atom. The number of hydrogen-bond acceptors (Lipinski definition) is 1. The van der Waals surface area contributed by atoms with Crippen molar-refractivity contribution < 1.29 is 9.13 Å². The van der Waals surface area contributed by atoms with Gasteiger partial charge in [0.05, 0.1) is 6.61 Å². The van der Waals surface area contributed by atoms with Gasteiger partial charge in [-0.3, -0.25) is 0 Å². The lowest BCUT2D eigenvalue weighted by molar-refractivity contribution is 0.189. The molecule has 2 aromatic rings. The number of hydrogen-bond donors (Lipinski definition) is 0. The smallest absolute Gasteiger partial charge is 0.153 e. The van der Waals surface area contributed by atoms with Crippen molar-refractivity contribution in [2.75, 3.05) is 6.61 Å². The van der Waals surface area contributed by atoms with E-state index in [0.717, 1.165) is 42.6 Å². The summed E-state index contributed by atoms with van der Waals surface area (Å²) in [5, 5.41) is 0.0717. The van der Waals surface area contributed by atoms with Gasteiger partial charge in [-0.15, -0.1) is 0 Å². The molecule has 1 atom stereocenters. The summed E-state index contributed by atoms with van der Waals surface area (Å²) in [7, 11) is 0. The van der Waals surface area contributed by atoms with Crippen LogP contribution in [-0.2, 0) is 0 Å². The summed E-state index contributed by atoms with van der Waals surface area (Å²) in [5.41, 5.74) is 4.08. The minimum Gasteiger partial charge on any atom is -0.492 e. The van der Waals surface area contributed by atoms with Crippen molar-refractivity contribution >= 4 is 17.2 Å². The molecule has 0 N–H and O–H groups in total. The molecular formula is C31H40ClFO. The first-order valence-corrected chi connectivity index (χ1v) is 13.9. The number of rotatable bonds is 9. The van der Waals surface area contributed by atoms with Crippen molar-refractivity contribution in [1.29, 1.82) is 0 Å². The normalized spacial score (nSPS) is 22.9. The van der Waals surface area contributed by atoms with Crippen molar-refractivity contribution in [3.05, 3.63) is 58.9 Å². The predicted molar refractivity (Wildman–Crippen MR) is 143 cm³/mol. The number of ether oxygens (including phenoxy) is 1. The van der Waals surface area contributed by atoms with E-state index in [4.69, 9.17) is 16.3 Å². The molecular weight excluding hydrogens is 443 g/mol. The molecule has 1 saturated carbocycles. The van der Waals surface area contributed by atoms with Gasteiger partial charge in [-0.1, -0.05) is 87.9 Å². The summed E-state index contributed by atoms with van der Waals surface area (Å²) in [6.07, 6.45) is 16.6. The summed E-state index contributed by atoms with van der Waals surface area (Å²) in [6, 6.07) is 11.9. The standard InChI is InChI=1S/C31H40ClFO/c1-3-5-21-34-29-20-19-28(31(33)30(29)32)27-17-15-26(16-18-27)25-13-11-24(12-14-25)23-9-7-22(6-4-2)8-10-23/h13,15-20,22-24H,3-12,14,21H2,1-2H3. The van der Waals surface area contributed by atoms with Crippen molar-refractivity contribution in [3.8, 4) is 16.9 Å². The third-order valence-corrected chi connectivity index (χ3v) is 8.43. The third kappa shape index (κ3) is 6.06. The van der Waals surface area contributed by atoms with Crippen LogP contribution in [0.3, 0.4) is 0 Å². The molecule has 34 heavy (non-hydrogen) atoms. The largest absolute Gasteiger partial charge is 0.492 e. The van der Waals surface area contributed by atoms with Crippen LogP contribution in [0.5, 0.6) is 5.75 Å². The van der Waals surface area contributed by atoms with Crippen LogP contribution in [0.15, 0.2) is 42.5 Å². The minimum absolute atomic E-state index is 0.0717. The summed E-state index contributed by atoms with van der Waals surface area (Å²) < 4.78 is 20.6. The maximum absolute atomic E-state index is 15.0. The Labute approximate surface area is 210 Å². The Kier molecular flexibility index (Phi) is 9.11. The molecule has 2 aliphatic carbocycles. The van der Waals surface area contributed by atoms with Gasteiger partial charge in [0.1, 0.15) is 10.8 Å². The van der Waals surface area contributed by atoms with E-state index in [0.29, 0.717) is 17.9 Å². The van der Waals surface area contributed by atoms with Gasteiger partial charge < -0.3 is 4.74 Å². The van der Waals surface area contributed by atoms with E-state index in [1.807, 2.05) is 12.1 Å². The minimum atomic E-state index is -0.406. The topological polar surface area (TPSA) is 9.23 Å². The molecule has 0 radical (unpaired) electrons. The van der Waals surface area contributed by atoms with E-state index < -0.39 is 5.82 Å². The summed E-state index contributed by atoms with van der Waals surface area (Å²) in [5.74, 6) is 2.79. The third-order valence-electron chi connectivity index (χ3n) is 8.08. The highest BCUT2D eigenvalue weighted by Gasteiger charge is 2.28. The average Bonchev–Trinajstić information content (AvgIpc) is 2.88. The molecule has 0 bridgehead atoms. The van der Waals surface area contributed by atoms with Crippen LogP contribution in [0.2, 0.25) is 5.02 Å². The molecule has 2 aliphatic rings. The zero-order valence-corrected chi connectivity index (χ0v) is 21.7. The average molecular weight is 483 g/mol. The van der Waals surface area contributed by atoms with Crippen LogP contribution in [-0.4, -0.2) is 6.61 Å². The molecule has 1 nitrogen and oxygen atoms in total. The molecule has 2 aromatic carbocycles. The van der Waals surface area contributed by atoms with Gasteiger partial charge >= 0.3 is 0 Å². The second kappa shape index (κ2) is 12.2. The van der Waals surface area contributed by atoms with Crippen molar-refractivity contribution in [2.45, 2.75) is 84.5 Å². The van der Waals surface area contributed by atoms with E-state index in [-0.39, 0.29) is 5.02 Å². The van der Waals surface area contributed by atoms with E-state index >= 15 is 0 Å². The number of allylic oxidation sites excluding steroid dienone is 2. The Balaban J connectivity index is 1.37. The summed E-state index contributed by atoms with van der Waals surface area (Å²) in [6.45, 7) is 4.97. The first-order valence-electron chi connectivity index (χ1n) is 13.5. The van der Waals surface area contributed by atoms with E-state index in [2.05, 4.69) is 32.1 Å². The van der Waals surface area contributed by atoms with Gasteiger partial charge in [-0.25, -0.2) is 4.39 Å². The molecule has 0 saturated heterocycles. The van der Waals surface area contributed by atoms with Gasteiger partial charge in [-0.05, 0) is 85.1 Å². The fourth-order valence-corrected chi connectivity index (χ4v) is 6.18. The Morgan fingerprint density at radius 2 is 1.62 bits per heavy atom. The fraction of sp³-hybridized carbons (Fsp3) is 0.548. The molecule has 0 amide bonds. The highest BCUT2D eigenvalue weighted by atomic mass is 35.5. The molecule has 1 unspecified atom stereocenters. The van der Waals surface area contributed by atoms with Crippen molar-refractivity contribution in [2.24, 2.45) is 17.8 Å². The van der Waals surface area contributed by atoms with Crippen molar-refractivity contribution in [1.82, 2.24) is 0 Å². The monoisotopic (exact) mass is 482 g/mol. The predicted octanol–water partition coefficient (Wildman–Crippen LogP) is 10.1. The number of halogens is 2. The lowest BCUT2D eigenvalue weighted by Crippen LogP contribution is -2.23. The lowest BCUT2D eigenvalue weighted by Gasteiger charge is -2.35. The van der Waals surface area contributed by atoms with Gasteiger partial charge in [0.25, 0.3) is 0 Å². The molecule has 0 heterocycles. The molecule has 4 rings (SSSR count). The SMILES string of the molecule is CCCCOc1ccc(-c2ccc(C3=CCC(C4CCC(CCC)CC4)CC3)cc2)c(F)c1Cl. The number of unbranched alkanes of at least 4 members (excludes halogenated alkanes) is 1. The highest BCUT2D eigenvalue weighted by Crippen LogP contribution is 2.42. The Hall–Kier alpha value is -1.80. The number of benzene rings is 2. The van der Waals surface area contributed by atoms with Crippen LogP contribution in [0, 0.1) is 23.6 Å². The quantitative estimate of drug-likeness (QED) is 0.323. The second-order valence-corrected chi connectivity index (χ2v) is 10.7. The fourth-order valence-electron chi connectivity index (χ4n) is 5.96. The van der Waals surface area contributed by atoms with Crippen LogP contribution >= 0.6 is 11.6 Å². The van der Waals surface area contributed by atoms with Gasteiger partial charge in [-0.2, -0.15) is 0 Å². The molecule has 1 fully saturated rings. The summed E-state index contributed by atoms with van der Waals surface area (Å²) in [4.78, 5) is 0. The zero-order chi connectivity index (χ0) is 23.9. The van der Waals surface area contributed by atoms with Crippen LogP contribution in [0.25, 0.3) is 16.7 Å². The van der Waals surface area contributed by atoms with Gasteiger partial charge in [0.2, 0.25) is 0 Å². The molecule has 3 heteroatoms. The van der Waals surface area contributed by atoms with E-state index in [9.17, 15) is 4.39 Å². The first-order chi connectivity index (χ1) is 16.6. The molecule has 0 aliphatic heterocycles. The molecule has 0 spiro atoms. The van der Waals surface area contributed by atoms with Crippen LogP contribution < -0.4 is 4.74 Å². The molecule has 0 aromatic heterocycles.